The third-order valence-electron chi connectivity index (χ3n) is 4.65. The van der Waals surface area contributed by atoms with Crippen LogP contribution in [0.5, 0.6) is 11.5 Å². The zero-order chi connectivity index (χ0) is 19.7. The lowest BCUT2D eigenvalue weighted by Crippen LogP contribution is -3.06. The van der Waals surface area contributed by atoms with Crippen molar-refractivity contribution in [3.05, 3.63) is 48.0 Å². The summed E-state index contributed by atoms with van der Waals surface area (Å²) < 4.78 is 12.8. The van der Waals surface area contributed by atoms with E-state index in [2.05, 4.69) is 27.1 Å². The van der Waals surface area contributed by atoms with Gasteiger partial charge in [-0.25, -0.2) is 4.98 Å². The SMILES string of the molecule is Cc1ccc2nc(N(CC[NH+](C)C)C(=O)[C@@H]3COc4ccccc4O3)sc2c1. The minimum atomic E-state index is -0.680. The molecule has 3 aromatic rings. The highest BCUT2D eigenvalue weighted by Gasteiger charge is 2.33. The van der Waals surface area contributed by atoms with E-state index in [0.29, 0.717) is 23.2 Å². The summed E-state index contributed by atoms with van der Waals surface area (Å²) >= 11 is 1.54. The zero-order valence-corrected chi connectivity index (χ0v) is 17.1. The fraction of sp³-hybridized carbons (Fsp3) is 0.333. The van der Waals surface area contributed by atoms with Crippen molar-refractivity contribution in [3.8, 4) is 11.5 Å². The lowest BCUT2D eigenvalue weighted by molar-refractivity contribution is -0.856. The molecule has 0 saturated heterocycles. The van der Waals surface area contributed by atoms with E-state index in [0.717, 1.165) is 16.8 Å². The second-order valence-corrected chi connectivity index (χ2v) is 8.29. The number of hydrogen-bond acceptors (Lipinski definition) is 5. The molecule has 4 rings (SSSR count). The van der Waals surface area contributed by atoms with E-state index in [1.165, 1.54) is 21.8 Å². The molecule has 0 radical (unpaired) electrons. The van der Waals surface area contributed by atoms with Gasteiger partial charge in [0.15, 0.2) is 16.6 Å². The first kappa shape index (κ1) is 18.7. The molecule has 1 aliphatic rings. The van der Waals surface area contributed by atoms with Gasteiger partial charge in [0.05, 0.1) is 37.4 Å². The Kier molecular flexibility index (Phi) is 5.19. The van der Waals surface area contributed by atoms with Crippen LogP contribution in [0.2, 0.25) is 0 Å². The van der Waals surface area contributed by atoms with Crippen LogP contribution in [-0.4, -0.2) is 50.8 Å². The average Bonchev–Trinajstić information content (AvgIpc) is 3.10. The number of anilines is 1. The summed E-state index contributed by atoms with van der Waals surface area (Å²) in [6.45, 7) is 3.64. The van der Waals surface area contributed by atoms with E-state index in [9.17, 15) is 4.79 Å². The number of aryl methyl sites for hydroxylation is 1. The molecule has 0 saturated carbocycles. The number of nitrogens with zero attached hydrogens (tertiary/aromatic N) is 2. The Morgan fingerprint density at radius 2 is 2.04 bits per heavy atom. The summed E-state index contributed by atoms with van der Waals surface area (Å²) in [4.78, 5) is 21.1. The number of benzene rings is 2. The predicted octanol–water partition coefficient (Wildman–Crippen LogP) is 1.92. The second-order valence-electron chi connectivity index (χ2n) is 7.28. The summed E-state index contributed by atoms with van der Waals surface area (Å²) in [6, 6.07) is 13.6. The molecule has 0 spiro atoms. The van der Waals surface area contributed by atoms with Crippen molar-refractivity contribution in [1.82, 2.24) is 4.98 Å². The van der Waals surface area contributed by atoms with Crippen molar-refractivity contribution in [3.63, 3.8) is 0 Å². The van der Waals surface area contributed by atoms with Crippen molar-refractivity contribution in [2.24, 2.45) is 0 Å². The van der Waals surface area contributed by atoms with Gasteiger partial charge in [-0.3, -0.25) is 9.69 Å². The first-order valence-electron chi connectivity index (χ1n) is 9.37. The highest BCUT2D eigenvalue weighted by atomic mass is 32.1. The molecule has 0 unspecified atom stereocenters. The van der Waals surface area contributed by atoms with Crippen LogP contribution >= 0.6 is 11.3 Å². The molecule has 2 heterocycles. The van der Waals surface area contributed by atoms with Crippen LogP contribution in [0.3, 0.4) is 0 Å². The summed E-state index contributed by atoms with van der Waals surface area (Å²) in [5.74, 6) is 1.16. The molecular weight excluding hydrogens is 374 g/mol. The Morgan fingerprint density at radius 3 is 2.82 bits per heavy atom. The molecule has 146 valence electrons. The van der Waals surface area contributed by atoms with Gasteiger partial charge in [0.1, 0.15) is 6.61 Å². The van der Waals surface area contributed by atoms with Gasteiger partial charge in [-0.15, -0.1) is 0 Å². The third-order valence-corrected chi connectivity index (χ3v) is 5.69. The minimum absolute atomic E-state index is 0.119. The molecule has 2 aromatic carbocycles. The van der Waals surface area contributed by atoms with Gasteiger partial charge < -0.3 is 14.4 Å². The van der Waals surface area contributed by atoms with E-state index in [4.69, 9.17) is 14.5 Å². The maximum Gasteiger partial charge on any atom is 0.273 e. The standard InChI is InChI=1S/C21H23N3O3S/c1-14-8-9-15-19(12-14)28-21(22-15)24(11-10-23(2)3)20(25)18-13-26-16-6-4-5-7-17(16)27-18/h4-9,12,18H,10-11,13H2,1-3H3/p+1/t18-/m0/s1. The van der Waals surface area contributed by atoms with Crippen molar-refractivity contribution in [2.45, 2.75) is 13.0 Å². The molecular formula is C21H24N3O3S+. The number of quaternary nitrogens is 1. The Balaban J connectivity index is 1.62. The number of carbonyl (C=O) groups excluding carboxylic acids is 1. The largest absolute Gasteiger partial charge is 0.485 e. The molecule has 1 amide bonds. The van der Waals surface area contributed by atoms with Crippen molar-refractivity contribution < 1.29 is 19.2 Å². The molecule has 1 aliphatic heterocycles. The monoisotopic (exact) mass is 398 g/mol. The van der Waals surface area contributed by atoms with Gasteiger partial charge in [0.2, 0.25) is 6.10 Å². The zero-order valence-electron chi connectivity index (χ0n) is 16.3. The predicted molar refractivity (Wildman–Crippen MR) is 111 cm³/mol. The Labute approximate surface area is 168 Å². The quantitative estimate of drug-likeness (QED) is 0.714. The van der Waals surface area contributed by atoms with Gasteiger partial charge in [-0.05, 0) is 36.8 Å². The van der Waals surface area contributed by atoms with Gasteiger partial charge in [0, 0.05) is 0 Å². The van der Waals surface area contributed by atoms with Crippen LogP contribution in [0.15, 0.2) is 42.5 Å². The average molecular weight is 399 g/mol. The number of fused-ring (bicyclic) bond motifs is 2. The number of likely N-dealkylation sites (N-methyl/N-ethyl adjacent to an activating group) is 1. The molecule has 0 fully saturated rings. The number of nitrogens with one attached hydrogen (secondary N) is 1. The molecule has 7 heteroatoms. The van der Waals surface area contributed by atoms with Gasteiger partial charge in [0.25, 0.3) is 5.91 Å². The highest BCUT2D eigenvalue weighted by molar-refractivity contribution is 7.22. The van der Waals surface area contributed by atoms with Crippen LogP contribution in [0.25, 0.3) is 10.2 Å². The van der Waals surface area contributed by atoms with Crippen molar-refractivity contribution in [2.75, 3.05) is 38.7 Å². The molecule has 0 bridgehead atoms. The normalized spacial score (nSPS) is 15.8. The summed E-state index contributed by atoms with van der Waals surface area (Å²) in [6.07, 6.45) is -0.680. The number of para-hydroxylation sites is 2. The van der Waals surface area contributed by atoms with E-state index in [1.807, 2.05) is 36.4 Å². The summed E-state index contributed by atoms with van der Waals surface area (Å²) in [5, 5.41) is 0.703. The molecule has 28 heavy (non-hydrogen) atoms. The highest BCUT2D eigenvalue weighted by Crippen LogP contribution is 2.33. The number of rotatable bonds is 5. The molecule has 1 N–H and O–H groups in total. The fourth-order valence-corrected chi connectivity index (χ4v) is 4.18. The van der Waals surface area contributed by atoms with Gasteiger partial charge in [-0.1, -0.05) is 29.5 Å². The van der Waals surface area contributed by atoms with Crippen molar-refractivity contribution >= 4 is 32.6 Å². The molecule has 1 atom stereocenters. The lowest BCUT2D eigenvalue weighted by Gasteiger charge is -2.29. The number of aromatic nitrogens is 1. The fourth-order valence-electron chi connectivity index (χ4n) is 3.09. The van der Waals surface area contributed by atoms with Crippen LogP contribution < -0.4 is 19.3 Å². The van der Waals surface area contributed by atoms with E-state index in [-0.39, 0.29) is 12.5 Å². The number of ether oxygens (including phenoxy) is 2. The van der Waals surface area contributed by atoms with E-state index < -0.39 is 6.10 Å². The van der Waals surface area contributed by atoms with E-state index >= 15 is 0 Å². The van der Waals surface area contributed by atoms with Crippen LogP contribution in [-0.2, 0) is 4.79 Å². The Bertz CT molecular complexity index is 1000. The Hall–Kier alpha value is -2.64. The second kappa shape index (κ2) is 7.77. The van der Waals surface area contributed by atoms with Crippen molar-refractivity contribution in [1.29, 1.82) is 0 Å². The Morgan fingerprint density at radius 1 is 1.25 bits per heavy atom. The first-order valence-corrected chi connectivity index (χ1v) is 10.2. The van der Waals surface area contributed by atoms with Gasteiger partial charge >= 0.3 is 0 Å². The maximum absolute atomic E-state index is 13.3. The maximum atomic E-state index is 13.3. The summed E-state index contributed by atoms with van der Waals surface area (Å²) in [7, 11) is 4.14. The van der Waals surface area contributed by atoms with Crippen LogP contribution in [0.1, 0.15) is 5.56 Å². The molecule has 1 aromatic heterocycles. The van der Waals surface area contributed by atoms with E-state index in [1.54, 1.807) is 4.90 Å². The van der Waals surface area contributed by atoms with Crippen LogP contribution in [0, 0.1) is 6.92 Å². The first-order chi connectivity index (χ1) is 13.5. The minimum Gasteiger partial charge on any atom is -0.485 e. The molecule has 0 aliphatic carbocycles. The summed E-state index contributed by atoms with van der Waals surface area (Å²) in [5.41, 5.74) is 2.09. The number of carbonyl (C=O) groups is 1. The number of hydrogen-bond donors (Lipinski definition) is 1. The topological polar surface area (TPSA) is 56.1 Å². The number of thiazole rings is 1. The van der Waals surface area contributed by atoms with Crippen LogP contribution in [0.4, 0.5) is 5.13 Å². The molecule has 6 nitrogen and oxygen atoms in total. The van der Waals surface area contributed by atoms with Gasteiger partial charge in [-0.2, -0.15) is 0 Å². The third kappa shape index (κ3) is 3.81. The number of amides is 1. The lowest BCUT2D eigenvalue weighted by atomic mass is 10.2. The smallest absolute Gasteiger partial charge is 0.273 e.